The van der Waals surface area contributed by atoms with E-state index in [0.717, 1.165) is 35.4 Å². The van der Waals surface area contributed by atoms with Gasteiger partial charge in [-0.05, 0) is 53.8 Å². The summed E-state index contributed by atoms with van der Waals surface area (Å²) in [5.41, 5.74) is 5.29. The van der Waals surface area contributed by atoms with E-state index >= 15 is 0 Å². The smallest absolute Gasteiger partial charge is 0.307 e. The van der Waals surface area contributed by atoms with Crippen molar-refractivity contribution in [1.82, 2.24) is 19.4 Å². The second kappa shape index (κ2) is 7.81. The Hall–Kier alpha value is -3.19. The van der Waals surface area contributed by atoms with Crippen LogP contribution in [0, 0.1) is 5.95 Å². The minimum atomic E-state index is -0.931. The maximum Gasteiger partial charge on any atom is 0.307 e. The van der Waals surface area contributed by atoms with E-state index in [9.17, 15) is 14.3 Å². The van der Waals surface area contributed by atoms with Crippen molar-refractivity contribution in [2.24, 2.45) is 0 Å². The first-order valence-corrected chi connectivity index (χ1v) is 10.5. The first-order valence-electron chi connectivity index (χ1n) is 10.2. The first kappa shape index (κ1) is 19.8. The van der Waals surface area contributed by atoms with Gasteiger partial charge in [-0.25, -0.2) is 4.68 Å². The third-order valence-corrected chi connectivity index (χ3v) is 6.22. The van der Waals surface area contributed by atoms with Gasteiger partial charge in [0.25, 0.3) is 0 Å². The number of hydrogen-bond acceptors (Lipinski definition) is 3. The fourth-order valence-corrected chi connectivity index (χ4v) is 4.66. The number of rotatable bonds is 5. The largest absolute Gasteiger partial charge is 0.481 e. The molecule has 5 rings (SSSR count). The van der Waals surface area contributed by atoms with Crippen molar-refractivity contribution in [1.29, 1.82) is 0 Å². The van der Waals surface area contributed by atoms with E-state index in [-0.39, 0.29) is 18.4 Å². The van der Waals surface area contributed by atoms with E-state index in [2.05, 4.69) is 10.3 Å². The van der Waals surface area contributed by atoms with Gasteiger partial charge in [0, 0.05) is 23.6 Å². The topological polar surface area (TPSA) is 72.4 Å². The van der Waals surface area contributed by atoms with Crippen LogP contribution in [0.2, 0.25) is 5.02 Å². The molecule has 31 heavy (non-hydrogen) atoms. The molecule has 1 atom stereocenters. The van der Waals surface area contributed by atoms with Crippen LogP contribution in [0.3, 0.4) is 0 Å². The number of pyridine rings is 1. The predicted molar refractivity (Wildman–Crippen MR) is 114 cm³/mol. The summed E-state index contributed by atoms with van der Waals surface area (Å²) in [5, 5.41) is 18.3. The lowest BCUT2D eigenvalue weighted by atomic mass is 9.93. The number of carboxylic acids is 1. The molecule has 0 fully saturated rings. The van der Waals surface area contributed by atoms with Gasteiger partial charge in [0.1, 0.15) is 0 Å². The molecule has 3 heterocycles. The summed E-state index contributed by atoms with van der Waals surface area (Å²) in [6.45, 7) is 0. The van der Waals surface area contributed by atoms with Crippen molar-refractivity contribution in [2.45, 2.75) is 38.1 Å². The second-order valence-corrected chi connectivity index (χ2v) is 8.39. The zero-order valence-corrected chi connectivity index (χ0v) is 17.4. The molecule has 0 amide bonds. The first-order chi connectivity index (χ1) is 15.0. The van der Waals surface area contributed by atoms with E-state index < -0.39 is 5.97 Å². The van der Waals surface area contributed by atoms with Crippen molar-refractivity contribution in [2.75, 3.05) is 0 Å². The summed E-state index contributed by atoms with van der Waals surface area (Å²) >= 11 is 5.99. The highest BCUT2D eigenvalue weighted by molar-refractivity contribution is 6.30. The number of fused-ring (bicyclic) bond motifs is 3. The molecule has 0 saturated heterocycles. The van der Waals surface area contributed by atoms with Crippen LogP contribution in [-0.4, -0.2) is 30.5 Å². The molecule has 1 N–H and O–H groups in total. The third-order valence-electron chi connectivity index (χ3n) is 5.97. The lowest BCUT2D eigenvalue weighted by Crippen LogP contribution is -2.22. The number of nitrogens with zero attached hydrogens (tertiary/aromatic N) is 4. The highest BCUT2D eigenvalue weighted by Gasteiger charge is 2.27. The van der Waals surface area contributed by atoms with E-state index in [1.165, 1.54) is 6.07 Å². The fourth-order valence-electron chi connectivity index (χ4n) is 4.53. The molecular formula is C23H20ClFN4O2. The molecule has 3 aromatic heterocycles. The Labute approximate surface area is 182 Å². The van der Waals surface area contributed by atoms with Crippen LogP contribution < -0.4 is 0 Å². The maximum atomic E-state index is 14.8. The van der Waals surface area contributed by atoms with Gasteiger partial charge in [-0.3, -0.25) is 9.20 Å². The van der Waals surface area contributed by atoms with Crippen LogP contribution in [-0.2, 0) is 30.5 Å². The zero-order chi connectivity index (χ0) is 21.5. The van der Waals surface area contributed by atoms with Crippen LogP contribution >= 0.6 is 11.6 Å². The number of aryl methyl sites for hydroxylation is 1. The Morgan fingerprint density at radius 3 is 2.81 bits per heavy atom. The van der Waals surface area contributed by atoms with Gasteiger partial charge in [-0.15, -0.1) is 5.10 Å². The summed E-state index contributed by atoms with van der Waals surface area (Å²) in [6.07, 6.45) is 4.55. The standard InChI is InChI=1S/C23H20ClFN4O2/c24-17-5-1-14(2-6-17)9-19-13-26-27-29(19)18-7-3-15-10-20-16(11-23(30)31)4-8-22(25)28(20)21(15)12-18/h1-2,4-6,8,10,13,18H,3,7,9,11-12H2,(H,30,31). The van der Waals surface area contributed by atoms with E-state index in [1.54, 1.807) is 16.7 Å². The SMILES string of the molecule is O=C(O)Cc1ccc(F)n2c3c(cc12)CCC(n1nncc1Cc1ccc(Cl)cc1)C3. The molecule has 158 valence electrons. The van der Waals surface area contributed by atoms with Crippen molar-refractivity contribution >= 4 is 23.1 Å². The minimum Gasteiger partial charge on any atom is -0.481 e. The highest BCUT2D eigenvalue weighted by Crippen LogP contribution is 2.33. The number of aromatic nitrogens is 4. The molecule has 1 aliphatic carbocycles. The average Bonchev–Trinajstić information content (AvgIpc) is 3.36. The number of hydrogen-bond donors (Lipinski definition) is 1. The van der Waals surface area contributed by atoms with E-state index in [1.807, 2.05) is 35.0 Å². The van der Waals surface area contributed by atoms with Crippen LogP contribution in [0.1, 0.15) is 40.5 Å². The van der Waals surface area contributed by atoms with Gasteiger partial charge in [-0.2, -0.15) is 4.39 Å². The van der Waals surface area contributed by atoms with Crippen molar-refractivity contribution in [3.05, 3.63) is 87.7 Å². The Kier molecular flexibility index (Phi) is 4.98. The van der Waals surface area contributed by atoms with Gasteiger partial charge in [0.05, 0.1) is 29.9 Å². The monoisotopic (exact) mass is 438 g/mol. The normalized spacial score (nSPS) is 15.9. The van der Waals surface area contributed by atoms with E-state index in [4.69, 9.17) is 11.6 Å². The Bertz CT molecular complexity index is 1280. The molecule has 1 aliphatic rings. The molecule has 4 aromatic rings. The molecule has 0 bridgehead atoms. The second-order valence-electron chi connectivity index (χ2n) is 7.96. The summed E-state index contributed by atoms with van der Waals surface area (Å²) in [6, 6.07) is 12.6. The summed E-state index contributed by atoms with van der Waals surface area (Å²) in [5.74, 6) is -1.31. The van der Waals surface area contributed by atoms with Gasteiger partial charge >= 0.3 is 5.97 Å². The van der Waals surface area contributed by atoms with Crippen LogP contribution in [0.5, 0.6) is 0 Å². The summed E-state index contributed by atoms with van der Waals surface area (Å²) in [4.78, 5) is 11.2. The molecule has 0 aliphatic heterocycles. The molecule has 1 aromatic carbocycles. The van der Waals surface area contributed by atoms with Gasteiger partial charge in [0.15, 0.2) is 5.95 Å². The number of carbonyl (C=O) groups is 1. The summed E-state index contributed by atoms with van der Waals surface area (Å²) in [7, 11) is 0. The molecule has 0 spiro atoms. The fraction of sp³-hybridized carbons (Fsp3) is 0.261. The van der Waals surface area contributed by atoms with Gasteiger partial charge in [-0.1, -0.05) is 35.0 Å². The third kappa shape index (κ3) is 3.70. The average molecular weight is 439 g/mol. The predicted octanol–water partition coefficient (Wildman–Crippen LogP) is 4.27. The van der Waals surface area contributed by atoms with Gasteiger partial charge in [0.2, 0.25) is 0 Å². The van der Waals surface area contributed by atoms with Gasteiger partial charge < -0.3 is 5.11 Å². The molecular weight excluding hydrogens is 419 g/mol. The highest BCUT2D eigenvalue weighted by atomic mass is 35.5. The number of aliphatic carboxylic acids is 1. The molecule has 0 saturated carbocycles. The van der Waals surface area contributed by atoms with Crippen molar-refractivity contribution < 1.29 is 14.3 Å². The van der Waals surface area contributed by atoms with Crippen LogP contribution in [0.4, 0.5) is 4.39 Å². The van der Waals surface area contributed by atoms with Crippen molar-refractivity contribution in [3.63, 3.8) is 0 Å². The maximum absolute atomic E-state index is 14.8. The number of carboxylic acid groups (broad SMARTS) is 1. The molecule has 0 radical (unpaired) electrons. The molecule has 8 heteroatoms. The van der Waals surface area contributed by atoms with E-state index in [0.29, 0.717) is 28.9 Å². The summed E-state index contributed by atoms with van der Waals surface area (Å²) < 4.78 is 18.3. The number of halogens is 2. The lowest BCUT2D eigenvalue weighted by Gasteiger charge is -2.24. The van der Waals surface area contributed by atoms with Crippen LogP contribution in [0.25, 0.3) is 5.52 Å². The van der Waals surface area contributed by atoms with Crippen LogP contribution in [0.15, 0.2) is 48.7 Å². The quantitative estimate of drug-likeness (QED) is 0.472. The Morgan fingerprint density at radius 2 is 2.03 bits per heavy atom. The van der Waals surface area contributed by atoms with Crippen molar-refractivity contribution in [3.8, 4) is 0 Å². The molecule has 6 nitrogen and oxygen atoms in total. The minimum absolute atomic E-state index is 0.0536. The number of benzene rings is 1. The Balaban J connectivity index is 1.48. The zero-order valence-electron chi connectivity index (χ0n) is 16.6. The Morgan fingerprint density at radius 1 is 1.23 bits per heavy atom. The molecule has 1 unspecified atom stereocenters. The lowest BCUT2D eigenvalue weighted by molar-refractivity contribution is -0.136.